The normalized spacial score (nSPS) is 20.3. The summed E-state index contributed by atoms with van der Waals surface area (Å²) in [6.07, 6.45) is 3.94. The fraction of sp³-hybridized carbons (Fsp3) is 0.542. The number of alkyl halides is 2. The SMILES string of the molecule is Cc1c(C(=O)Nc2cccc(C(C)(F)F)c2)cc(C(C)(C)C)n1[C@H]1CC[C@H](N)CC1. The smallest absolute Gasteiger partial charge is 0.270 e. The second-order valence-corrected chi connectivity index (χ2v) is 9.64. The van der Waals surface area contributed by atoms with E-state index in [-0.39, 0.29) is 22.9 Å². The van der Waals surface area contributed by atoms with Gasteiger partial charge in [0.15, 0.2) is 0 Å². The van der Waals surface area contributed by atoms with E-state index in [0.29, 0.717) is 17.3 Å². The molecule has 3 N–H and O–H groups in total. The lowest BCUT2D eigenvalue weighted by molar-refractivity contribution is 0.0175. The second kappa shape index (κ2) is 8.14. The van der Waals surface area contributed by atoms with Crippen LogP contribution < -0.4 is 11.1 Å². The Labute approximate surface area is 177 Å². The molecule has 1 aliphatic carbocycles. The minimum Gasteiger partial charge on any atom is -0.345 e. The van der Waals surface area contributed by atoms with Crippen molar-refractivity contribution >= 4 is 11.6 Å². The van der Waals surface area contributed by atoms with E-state index in [9.17, 15) is 13.6 Å². The number of carbonyl (C=O) groups is 1. The molecule has 1 amide bonds. The first-order valence-corrected chi connectivity index (χ1v) is 10.7. The molecular formula is C24H33F2N3O. The molecule has 2 aromatic rings. The zero-order valence-electron chi connectivity index (χ0n) is 18.6. The van der Waals surface area contributed by atoms with Crippen molar-refractivity contribution in [1.82, 2.24) is 4.57 Å². The molecule has 0 radical (unpaired) electrons. The Bertz CT molecular complexity index is 914. The number of benzene rings is 1. The number of nitrogens with zero attached hydrogens (tertiary/aromatic N) is 1. The van der Waals surface area contributed by atoms with E-state index < -0.39 is 5.92 Å². The van der Waals surface area contributed by atoms with Crippen LogP contribution in [-0.4, -0.2) is 16.5 Å². The van der Waals surface area contributed by atoms with Crippen LogP contribution in [0.25, 0.3) is 0 Å². The third-order valence-corrected chi connectivity index (χ3v) is 6.04. The van der Waals surface area contributed by atoms with Gasteiger partial charge in [-0.2, -0.15) is 0 Å². The maximum Gasteiger partial charge on any atom is 0.270 e. The number of carbonyl (C=O) groups excluding carboxylic acids is 1. The summed E-state index contributed by atoms with van der Waals surface area (Å²) in [6, 6.07) is 8.39. The maximum atomic E-state index is 13.7. The molecule has 164 valence electrons. The largest absolute Gasteiger partial charge is 0.345 e. The second-order valence-electron chi connectivity index (χ2n) is 9.64. The third kappa shape index (κ3) is 4.75. The Kier molecular flexibility index (Phi) is 6.10. The van der Waals surface area contributed by atoms with Gasteiger partial charge in [0.05, 0.1) is 5.56 Å². The number of halogens is 2. The summed E-state index contributed by atoms with van der Waals surface area (Å²) in [5.41, 5.74) is 8.82. The Morgan fingerprint density at radius 2 is 1.73 bits per heavy atom. The van der Waals surface area contributed by atoms with Crippen molar-refractivity contribution in [3.63, 3.8) is 0 Å². The first-order chi connectivity index (χ1) is 13.9. The summed E-state index contributed by atoms with van der Waals surface area (Å²) in [6.45, 7) is 9.24. The lowest BCUT2D eigenvalue weighted by atomic mass is 9.88. The molecule has 3 rings (SSSR count). The minimum atomic E-state index is -2.96. The number of hydrogen-bond donors (Lipinski definition) is 2. The topological polar surface area (TPSA) is 60.0 Å². The summed E-state index contributed by atoms with van der Waals surface area (Å²) < 4.78 is 29.6. The van der Waals surface area contributed by atoms with Gasteiger partial charge in [-0.05, 0) is 50.8 Å². The third-order valence-electron chi connectivity index (χ3n) is 6.04. The van der Waals surface area contributed by atoms with Crippen LogP contribution in [0.1, 0.15) is 86.7 Å². The highest BCUT2D eigenvalue weighted by atomic mass is 19.3. The van der Waals surface area contributed by atoms with Gasteiger partial charge < -0.3 is 15.6 Å². The van der Waals surface area contributed by atoms with Gasteiger partial charge in [0.1, 0.15) is 0 Å². The number of nitrogens with one attached hydrogen (secondary N) is 1. The van der Waals surface area contributed by atoms with Crippen LogP contribution in [0.3, 0.4) is 0 Å². The van der Waals surface area contributed by atoms with E-state index in [4.69, 9.17) is 5.73 Å². The van der Waals surface area contributed by atoms with Crippen LogP contribution in [0.2, 0.25) is 0 Å². The average molecular weight is 418 g/mol. The molecule has 30 heavy (non-hydrogen) atoms. The molecule has 0 unspecified atom stereocenters. The standard InChI is InChI=1S/C24H33F2N3O/c1-15-20(22(30)28-18-8-6-7-16(13-18)24(5,25)26)14-21(23(2,3)4)29(15)19-11-9-17(27)10-12-19/h6-8,13-14,17,19H,9-12,27H2,1-5H3,(H,28,30)/t17-,19-. The average Bonchev–Trinajstić information content (AvgIpc) is 3.00. The monoisotopic (exact) mass is 417 g/mol. The molecule has 1 aromatic heterocycles. The van der Waals surface area contributed by atoms with E-state index >= 15 is 0 Å². The van der Waals surface area contributed by atoms with Crippen LogP contribution in [0.4, 0.5) is 14.5 Å². The van der Waals surface area contributed by atoms with Crippen molar-refractivity contribution in [2.45, 2.75) is 83.7 Å². The predicted molar refractivity (Wildman–Crippen MR) is 117 cm³/mol. The molecular weight excluding hydrogens is 384 g/mol. The van der Waals surface area contributed by atoms with E-state index in [1.807, 2.05) is 13.0 Å². The molecule has 1 fully saturated rings. The first kappa shape index (κ1) is 22.5. The quantitative estimate of drug-likeness (QED) is 0.651. The summed E-state index contributed by atoms with van der Waals surface area (Å²) in [7, 11) is 0. The molecule has 4 nitrogen and oxygen atoms in total. The van der Waals surface area contributed by atoms with Gasteiger partial charge in [-0.1, -0.05) is 32.9 Å². The van der Waals surface area contributed by atoms with Gasteiger partial charge in [0.2, 0.25) is 0 Å². The first-order valence-electron chi connectivity index (χ1n) is 10.7. The molecule has 0 saturated heterocycles. The predicted octanol–water partition coefficient (Wildman–Crippen LogP) is 5.90. The van der Waals surface area contributed by atoms with Crippen molar-refractivity contribution in [3.05, 3.63) is 52.8 Å². The highest BCUT2D eigenvalue weighted by Gasteiger charge is 2.30. The number of aromatic nitrogens is 1. The van der Waals surface area contributed by atoms with Crippen molar-refractivity contribution in [3.8, 4) is 0 Å². The molecule has 0 aliphatic heterocycles. The summed E-state index contributed by atoms with van der Waals surface area (Å²) in [5.74, 6) is -3.23. The molecule has 1 aromatic carbocycles. The van der Waals surface area contributed by atoms with Crippen molar-refractivity contribution in [1.29, 1.82) is 0 Å². The molecule has 0 bridgehead atoms. The molecule has 0 spiro atoms. The Hall–Kier alpha value is -2.21. The highest BCUT2D eigenvalue weighted by molar-refractivity contribution is 6.05. The maximum absolute atomic E-state index is 13.7. The molecule has 1 saturated carbocycles. The Morgan fingerprint density at radius 3 is 2.30 bits per heavy atom. The molecule has 1 aliphatic rings. The highest BCUT2D eigenvalue weighted by Crippen LogP contribution is 2.37. The molecule has 6 heteroatoms. The summed E-state index contributed by atoms with van der Waals surface area (Å²) in [5, 5.41) is 2.81. The van der Waals surface area contributed by atoms with Gasteiger partial charge in [-0.15, -0.1) is 0 Å². The van der Waals surface area contributed by atoms with Crippen LogP contribution in [-0.2, 0) is 11.3 Å². The van der Waals surface area contributed by atoms with Crippen LogP contribution in [0, 0.1) is 6.92 Å². The Balaban J connectivity index is 1.93. The number of hydrogen-bond acceptors (Lipinski definition) is 2. The summed E-state index contributed by atoms with van der Waals surface area (Å²) >= 11 is 0. The molecule has 0 atom stereocenters. The Morgan fingerprint density at radius 1 is 1.10 bits per heavy atom. The van der Waals surface area contributed by atoms with Crippen LogP contribution in [0.5, 0.6) is 0 Å². The number of rotatable bonds is 4. The number of amides is 1. The summed E-state index contributed by atoms with van der Waals surface area (Å²) in [4.78, 5) is 13.1. The van der Waals surface area contributed by atoms with E-state index in [0.717, 1.165) is 44.0 Å². The van der Waals surface area contributed by atoms with Gasteiger partial charge >= 0.3 is 0 Å². The van der Waals surface area contributed by atoms with Crippen LogP contribution >= 0.6 is 0 Å². The number of anilines is 1. The van der Waals surface area contributed by atoms with Crippen molar-refractivity contribution < 1.29 is 13.6 Å². The van der Waals surface area contributed by atoms with Crippen LogP contribution in [0.15, 0.2) is 30.3 Å². The van der Waals surface area contributed by atoms with E-state index in [1.165, 1.54) is 18.2 Å². The fourth-order valence-corrected chi connectivity index (χ4v) is 4.33. The van der Waals surface area contributed by atoms with Gasteiger partial charge in [-0.3, -0.25) is 4.79 Å². The zero-order valence-corrected chi connectivity index (χ0v) is 18.6. The number of nitrogens with two attached hydrogens (primary N) is 1. The fourth-order valence-electron chi connectivity index (χ4n) is 4.33. The van der Waals surface area contributed by atoms with Crippen molar-refractivity contribution in [2.24, 2.45) is 5.73 Å². The van der Waals surface area contributed by atoms with Gasteiger partial charge in [0, 0.05) is 47.1 Å². The van der Waals surface area contributed by atoms with Crippen molar-refractivity contribution in [2.75, 3.05) is 5.32 Å². The van der Waals surface area contributed by atoms with Gasteiger partial charge in [0.25, 0.3) is 11.8 Å². The van der Waals surface area contributed by atoms with E-state index in [2.05, 4.69) is 30.7 Å². The van der Waals surface area contributed by atoms with Gasteiger partial charge in [-0.25, -0.2) is 8.78 Å². The molecule has 1 heterocycles. The lowest BCUT2D eigenvalue weighted by Gasteiger charge is -2.33. The lowest BCUT2D eigenvalue weighted by Crippen LogP contribution is -2.30. The zero-order chi connectivity index (χ0) is 22.3. The van der Waals surface area contributed by atoms with E-state index in [1.54, 1.807) is 6.07 Å². The minimum absolute atomic E-state index is 0.122.